The number of hydrogen-bond donors (Lipinski definition) is 3. The van der Waals surface area contributed by atoms with Gasteiger partial charge in [-0.15, -0.1) is 0 Å². The second kappa shape index (κ2) is 5.81. The summed E-state index contributed by atoms with van der Waals surface area (Å²) in [5.74, 6) is -0.847. The fraction of sp³-hybridized carbons (Fsp3) is 0.500. The molecule has 0 saturated carbocycles. The Kier molecular flexibility index (Phi) is 5.01. The number of rotatable bonds is 3. The van der Waals surface area contributed by atoms with Crippen LogP contribution in [0.2, 0.25) is 0 Å². The van der Waals surface area contributed by atoms with Crippen molar-refractivity contribution in [3.8, 4) is 0 Å². The molecule has 4 N–H and O–H groups in total. The summed E-state index contributed by atoms with van der Waals surface area (Å²) in [6.07, 6.45) is -0.990. The molecular formula is C6H11N3O4. The molecule has 0 aliphatic carbocycles. The van der Waals surface area contributed by atoms with Crippen molar-refractivity contribution in [3.05, 3.63) is 0 Å². The standard InChI is InChI=1S/C6H11N3O4/c1-4(10)8-9-5(11)2-3-13-6(7)12/h2-3H2,1H3,(H2,7,12)(H,8,10)(H,9,11). The van der Waals surface area contributed by atoms with Crippen molar-refractivity contribution >= 4 is 17.9 Å². The van der Waals surface area contributed by atoms with Crippen LogP contribution in [0.1, 0.15) is 13.3 Å². The summed E-state index contributed by atoms with van der Waals surface area (Å²) in [5, 5.41) is 0. The van der Waals surface area contributed by atoms with Crippen LogP contribution in [0, 0.1) is 0 Å². The summed E-state index contributed by atoms with van der Waals surface area (Å²) in [7, 11) is 0. The highest BCUT2D eigenvalue weighted by Crippen LogP contribution is 1.81. The lowest BCUT2D eigenvalue weighted by Crippen LogP contribution is -2.40. The van der Waals surface area contributed by atoms with Gasteiger partial charge in [0.15, 0.2) is 0 Å². The van der Waals surface area contributed by atoms with Crippen LogP contribution in [0.5, 0.6) is 0 Å². The zero-order chi connectivity index (χ0) is 10.3. The van der Waals surface area contributed by atoms with Gasteiger partial charge in [0.2, 0.25) is 11.8 Å². The van der Waals surface area contributed by atoms with E-state index >= 15 is 0 Å². The minimum absolute atomic E-state index is 0.0524. The molecule has 0 aromatic carbocycles. The summed E-state index contributed by atoms with van der Waals surface area (Å²) in [4.78, 5) is 31.1. The Morgan fingerprint density at radius 2 is 1.92 bits per heavy atom. The Labute approximate surface area is 74.6 Å². The molecule has 0 heterocycles. The van der Waals surface area contributed by atoms with Crippen molar-refractivity contribution in [3.63, 3.8) is 0 Å². The highest BCUT2D eigenvalue weighted by Gasteiger charge is 2.02. The number of amides is 3. The van der Waals surface area contributed by atoms with Gasteiger partial charge < -0.3 is 10.5 Å². The van der Waals surface area contributed by atoms with Gasteiger partial charge in [0.25, 0.3) is 0 Å². The molecule has 7 heteroatoms. The Morgan fingerprint density at radius 3 is 2.38 bits per heavy atom. The normalized spacial score (nSPS) is 8.69. The van der Waals surface area contributed by atoms with E-state index in [2.05, 4.69) is 21.3 Å². The van der Waals surface area contributed by atoms with Gasteiger partial charge >= 0.3 is 6.09 Å². The Bertz CT molecular complexity index is 216. The third-order valence-electron chi connectivity index (χ3n) is 0.951. The van der Waals surface area contributed by atoms with Crippen molar-refractivity contribution in [2.24, 2.45) is 5.73 Å². The van der Waals surface area contributed by atoms with Crippen LogP contribution in [0.4, 0.5) is 4.79 Å². The van der Waals surface area contributed by atoms with Crippen LogP contribution in [0.3, 0.4) is 0 Å². The van der Waals surface area contributed by atoms with E-state index in [0.717, 1.165) is 0 Å². The quantitative estimate of drug-likeness (QED) is 0.476. The fourth-order valence-electron chi connectivity index (χ4n) is 0.465. The topological polar surface area (TPSA) is 111 Å². The second-order valence-electron chi connectivity index (χ2n) is 2.15. The summed E-state index contributed by atoms with van der Waals surface area (Å²) < 4.78 is 4.28. The second-order valence-corrected chi connectivity index (χ2v) is 2.15. The summed E-state index contributed by atoms with van der Waals surface area (Å²) in [6.45, 7) is 1.14. The fourth-order valence-corrected chi connectivity index (χ4v) is 0.465. The van der Waals surface area contributed by atoms with E-state index in [9.17, 15) is 14.4 Å². The number of hydrazine groups is 1. The highest BCUT2D eigenvalue weighted by molar-refractivity contribution is 5.80. The van der Waals surface area contributed by atoms with Crippen LogP contribution >= 0.6 is 0 Å². The molecule has 0 unspecified atom stereocenters. The molecule has 0 rings (SSSR count). The molecule has 0 bridgehead atoms. The summed E-state index contributed by atoms with van der Waals surface area (Å²) in [5.41, 5.74) is 8.80. The average Bonchev–Trinajstić information content (AvgIpc) is 2.00. The Morgan fingerprint density at radius 1 is 1.31 bits per heavy atom. The van der Waals surface area contributed by atoms with Gasteiger partial charge in [-0.3, -0.25) is 20.4 Å². The first-order valence-corrected chi connectivity index (χ1v) is 3.50. The van der Waals surface area contributed by atoms with Gasteiger partial charge in [0.1, 0.15) is 6.61 Å². The maximum Gasteiger partial charge on any atom is 0.404 e. The molecule has 0 aliphatic rings. The molecule has 3 amide bonds. The van der Waals surface area contributed by atoms with Crippen molar-refractivity contribution in [2.75, 3.05) is 6.61 Å². The molecule has 7 nitrogen and oxygen atoms in total. The van der Waals surface area contributed by atoms with Crippen molar-refractivity contribution in [1.29, 1.82) is 0 Å². The first-order valence-electron chi connectivity index (χ1n) is 3.50. The molecule has 0 saturated heterocycles. The largest absolute Gasteiger partial charge is 0.449 e. The maximum atomic E-state index is 10.8. The first-order chi connectivity index (χ1) is 6.02. The van der Waals surface area contributed by atoms with Gasteiger partial charge in [-0.2, -0.15) is 0 Å². The first kappa shape index (κ1) is 11.2. The van der Waals surface area contributed by atoms with E-state index in [1.165, 1.54) is 6.92 Å². The highest BCUT2D eigenvalue weighted by atomic mass is 16.5. The predicted octanol–water partition coefficient (Wildman–Crippen LogP) is -1.36. The molecule has 0 aromatic rings. The molecule has 0 fully saturated rings. The van der Waals surface area contributed by atoms with E-state index in [4.69, 9.17) is 0 Å². The number of nitrogens with one attached hydrogen (secondary N) is 2. The molecule has 0 aromatic heterocycles. The molecule has 0 spiro atoms. The minimum atomic E-state index is -0.938. The monoisotopic (exact) mass is 189 g/mol. The molecular weight excluding hydrogens is 178 g/mol. The number of carbonyl (C=O) groups excluding carboxylic acids is 3. The molecule has 13 heavy (non-hydrogen) atoms. The summed E-state index contributed by atoms with van der Waals surface area (Å²) in [6, 6.07) is 0. The molecule has 0 atom stereocenters. The molecule has 0 radical (unpaired) electrons. The minimum Gasteiger partial charge on any atom is -0.449 e. The average molecular weight is 189 g/mol. The third-order valence-corrected chi connectivity index (χ3v) is 0.951. The van der Waals surface area contributed by atoms with Crippen LogP contribution < -0.4 is 16.6 Å². The number of primary amides is 1. The molecule has 0 aliphatic heterocycles. The van der Waals surface area contributed by atoms with E-state index in [-0.39, 0.29) is 18.9 Å². The van der Waals surface area contributed by atoms with Gasteiger partial charge in [-0.25, -0.2) is 4.79 Å². The smallest absolute Gasteiger partial charge is 0.404 e. The van der Waals surface area contributed by atoms with E-state index in [1.807, 2.05) is 0 Å². The van der Waals surface area contributed by atoms with Gasteiger partial charge in [-0.1, -0.05) is 0 Å². The van der Waals surface area contributed by atoms with E-state index < -0.39 is 12.0 Å². The van der Waals surface area contributed by atoms with Gasteiger partial charge in [0, 0.05) is 6.92 Å². The Balaban J connectivity index is 3.41. The van der Waals surface area contributed by atoms with Crippen LogP contribution in [-0.2, 0) is 14.3 Å². The molecule has 74 valence electrons. The number of hydrogen-bond acceptors (Lipinski definition) is 4. The predicted molar refractivity (Wildman–Crippen MR) is 42.1 cm³/mol. The van der Waals surface area contributed by atoms with Crippen molar-refractivity contribution in [1.82, 2.24) is 10.9 Å². The SMILES string of the molecule is CC(=O)NNC(=O)CCOC(N)=O. The number of nitrogens with two attached hydrogens (primary N) is 1. The van der Waals surface area contributed by atoms with Crippen LogP contribution in [0.15, 0.2) is 0 Å². The Hall–Kier alpha value is -1.79. The van der Waals surface area contributed by atoms with Gasteiger partial charge in [0.05, 0.1) is 6.42 Å². The lowest BCUT2D eigenvalue weighted by Gasteiger charge is -2.04. The van der Waals surface area contributed by atoms with E-state index in [0.29, 0.717) is 0 Å². The lowest BCUT2D eigenvalue weighted by atomic mass is 10.4. The van der Waals surface area contributed by atoms with Crippen molar-refractivity contribution in [2.45, 2.75) is 13.3 Å². The third kappa shape index (κ3) is 8.11. The van der Waals surface area contributed by atoms with Crippen molar-refractivity contribution < 1.29 is 19.1 Å². The van der Waals surface area contributed by atoms with Crippen LogP contribution in [-0.4, -0.2) is 24.5 Å². The zero-order valence-corrected chi connectivity index (χ0v) is 7.12. The van der Waals surface area contributed by atoms with Crippen LogP contribution in [0.25, 0.3) is 0 Å². The van der Waals surface area contributed by atoms with E-state index in [1.54, 1.807) is 0 Å². The number of ether oxygens (including phenoxy) is 1. The lowest BCUT2D eigenvalue weighted by molar-refractivity contribution is -0.128. The number of carbonyl (C=O) groups is 3. The summed E-state index contributed by atoms with van der Waals surface area (Å²) >= 11 is 0. The van der Waals surface area contributed by atoms with Gasteiger partial charge in [-0.05, 0) is 0 Å². The maximum absolute atomic E-state index is 10.8. The zero-order valence-electron chi connectivity index (χ0n) is 7.12.